The van der Waals surface area contributed by atoms with E-state index in [2.05, 4.69) is 4.98 Å². The first-order valence-corrected chi connectivity index (χ1v) is 7.32. The summed E-state index contributed by atoms with van der Waals surface area (Å²) in [6, 6.07) is 1.88. The number of thioether (sulfide) groups is 1. The summed E-state index contributed by atoms with van der Waals surface area (Å²) in [6.45, 7) is 1.88. The highest BCUT2D eigenvalue weighted by molar-refractivity contribution is 7.99. The van der Waals surface area contributed by atoms with E-state index < -0.39 is 17.6 Å². The third kappa shape index (κ3) is 3.05. The molecular weight excluding hydrogens is 319 g/mol. The van der Waals surface area contributed by atoms with Crippen molar-refractivity contribution < 1.29 is 22.8 Å². The van der Waals surface area contributed by atoms with Gasteiger partial charge in [-0.2, -0.15) is 13.2 Å². The standard InChI is InChI=1S/C13H14F3N3O2S/c1-4-22-12-10(11(20)18(2)21-3)17-9-7-8(13(14,15)16)5-6-19(9)12/h5-7H,4H2,1-3H3. The smallest absolute Gasteiger partial charge is 0.294 e. The van der Waals surface area contributed by atoms with Crippen LogP contribution < -0.4 is 0 Å². The molecule has 0 saturated carbocycles. The molecule has 0 unspecified atom stereocenters. The summed E-state index contributed by atoms with van der Waals surface area (Å²) < 4.78 is 39.8. The predicted octanol–water partition coefficient (Wildman–Crippen LogP) is 3.10. The molecule has 9 heteroatoms. The average Bonchev–Trinajstić information content (AvgIpc) is 2.83. The summed E-state index contributed by atoms with van der Waals surface area (Å²) in [5.41, 5.74) is -0.675. The molecule has 22 heavy (non-hydrogen) atoms. The summed E-state index contributed by atoms with van der Waals surface area (Å²) in [5.74, 6) is 0.127. The number of hydroxylamine groups is 2. The summed E-state index contributed by atoms with van der Waals surface area (Å²) in [7, 11) is 2.73. The molecule has 0 fully saturated rings. The van der Waals surface area contributed by atoms with Crippen LogP contribution in [0.2, 0.25) is 0 Å². The van der Waals surface area contributed by atoms with Crippen LogP contribution in [0.1, 0.15) is 23.0 Å². The number of pyridine rings is 1. The first kappa shape index (κ1) is 16.6. The van der Waals surface area contributed by atoms with Gasteiger partial charge in [0.05, 0.1) is 12.7 Å². The minimum atomic E-state index is -4.46. The fraction of sp³-hybridized carbons (Fsp3) is 0.385. The van der Waals surface area contributed by atoms with Crippen LogP contribution in [0.3, 0.4) is 0 Å². The molecule has 0 radical (unpaired) electrons. The summed E-state index contributed by atoms with van der Waals surface area (Å²) in [4.78, 5) is 21.1. The van der Waals surface area contributed by atoms with E-state index in [0.29, 0.717) is 10.8 Å². The van der Waals surface area contributed by atoms with E-state index in [1.165, 1.54) is 36.5 Å². The van der Waals surface area contributed by atoms with Crippen LogP contribution in [-0.4, -0.2) is 40.3 Å². The maximum Gasteiger partial charge on any atom is 0.416 e. The van der Waals surface area contributed by atoms with Gasteiger partial charge in [0, 0.05) is 13.2 Å². The number of carbonyl (C=O) groups is 1. The Morgan fingerprint density at radius 1 is 1.50 bits per heavy atom. The molecule has 2 aromatic heterocycles. The quantitative estimate of drug-likeness (QED) is 0.637. The zero-order valence-electron chi connectivity index (χ0n) is 12.1. The molecule has 0 aliphatic rings. The molecule has 1 amide bonds. The summed E-state index contributed by atoms with van der Waals surface area (Å²) in [5, 5.41) is 1.46. The second kappa shape index (κ2) is 6.17. The largest absolute Gasteiger partial charge is 0.416 e. The van der Waals surface area contributed by atoms with Crippen molar-refractivity contribution in [2.75, 3.05) is 19.9 Å². The number of amides is 1. The van der Waals surface area contributed by atoms with Crippen LogP contribution in [0.5, 0.6) is 0 Å². The van der Waals surface area contributed by atoms with Gasteiger partial charge >= 0.3 is 6.18 Å². The summed E-state index contributed by atoms with van der Waals surface area (Å²) in [6.07, 6.45) is -3.19. The van der Waals surface area contributed by atoms with Crippen LogP contribution in [0.25, 0.3) is 5.65 Å². The Hall–Kier alpha value is -1.74. The Labute approximate surface area is 129 Å². The number of nitrogens with zero attached hydrogens (tertiary/aromatic N) is 3. The van der Waals surface area contributed by atoms with Gasteiger partial charge in [-0.15, -0.1) is 11.8 Å². The fourth-order valence-corrected chi connectivity index (χ4v) is 2.68. The number of halogens is 3. The Balaban J connectivity index is 2.61. The van der Waals surface area contributed by atoms with E-state index in [9.17, 15) is 18.0 Å². The number of hydrogen-bond acceptors (Lipinski definition) is 4. The number of fused-ring (bicyclic) bond motifs is 1. The van der Waals surface area contributed by atoms with E-state index in [1.54, 1.807) is 0 Å². The van der Waals surface area contributed by atoms with E-state index >= 15 is 0 Å². The Morgan fingerprint density at radius 3 is 2.73 bits per heavy atom. The van der Waals surface area contributed by atoms with Gasteiger partial charge < -0.3 is 0 Å². The number of imidazole rings is 1. The van der Waals surface area contributed by atoms with Crippen LogP contribution in [0, 0.1) is 0 Å². The number of carbonyl (C=O) groups excluding carboxylic acids is 1. The maximum absolute atomic E-state index is 12.8. The number of hydrogen-bond donors (Lipinski definition) is 0. The lowest BCUT2D eigenvalue weighted by Crippen LogP contribution is -2.26. The second-order valence-electron chi connectivity index (χ2n) is 4.33. The van der Waals surface area contributed by atoms with Crippen LogP contribution in [0.15, 0.2) is 23.4 Å². The average molecular weight is 333 g/mol. The second-order valence-corrected chi connectivity index (χ2v) is 5.58. The highest BCUT2D eigenvalue weighted by Gasteiger charge is 2.31. The molecule has 0 aliphatic heterocycles. The van der Waals surface area contributed by atoms with Gasteiger partial charge in [0.1, 0.15) is 10.7 Å². The van der Waals surface area contributed by atoms with Gasteiger partial charge in [-0.3, -0.25) is 14.0 Å². The van der Waals surface area contributed by atoms with Crippen LogP contribution in [0.4, 0.5) is 13.2 Å². The third-order valence-electron chi connectivity index (χ3n) is 2.95. The molecule has 5 nitrogen and oxygen atoms in total. The lowest BCUT2D eigenvalue weighted by atomic mass is 10.2. The van der Waals surface area contributed by atoms with E-state index in [-0.39, 0.29) is 11.3 Å². The SMILES string of the molecule is CCSc1c(C(=O)N(C)OC)nc2cc(C(F)(F)F)ccn12. The Morgan fingerprint density at radius 2 is 2.18 bits per heavy atom. The minimum Gasteiger partial charge on any atom is -0.294 e. The molecule has 0 saturated heterocycles. The van der Waals surface area contributed by atoms with Crippen molar-refractivity contribution in [2.45, 2.75) is 18.1 Å². The van der Waals surface area contributed by atoms with E-state index in [0.717, 1.165) is 17.2 Å². The normalized spacial score (nSPS) is 11.9. The Kier molecular flexibility index (Phi) is 4.66. The van der Waals surface area contributed by atoms with Gasteiger partial charge in [0.2, 0.25) is 0 Å². The van der Waals surface area contributed by atoms with Gasteiger partial charge in [-0.25, -0.2) is 10.0 Å². The van der Waals surface area contributed by atoms with Crippen LogP contribution >= 0.6 is 11.8 Å². The molecule has 0 aliphatic carbocycles. The van der Waals surface area contributed by atoms with Crippen molar-refractivity contribution in [3.8, 4) is 0 Å². The van der Waals surface area contributed by atoms with Gasteiger partial charge in [-0.1, -0.05) is 6.92 Å². The first-order valence-electron chi connectivity index (χ1n) is 6.33. The van der Waals surface area contributed by atoms with Crippen LogP contribution in [-0.2, 0) is 11.0 Å². The van der Waals surface area contributed by atoms with Crippen molar-refractivity contribution in [2.24, 2.45) is 0 Å². The zero-order chi connectivity index (χ0) is 16.5. The number of rotatable bonds is 4. The number of alkyl halides is 3. The molecule has 2 heterocycles. The van der Waals surface area contributed by atoms with Gasteiger partial charge in [-0.05, 0) is 17.9 Å². The first-order chi connectivity index (χ1) is 10.3. The van der Waals surface area contributed by atoms with Gasteiger partial charge in [0.15, 0.2) is 5.69 Å². The molecule has 0 spiro atoms. The fourth-order valence-electron chi connectivity index (χ4n) is 1.84. The molecule has 2 rings (SSSR count). The van der Waals surface area contributed by atoms with Crippen molar-refractivity contribution >= 4 is 23.3 Å². The molecular formula is C13H14F3N3O2S. The van der Waals surface area contributed by atoms with Crippen molar-refractivity contribution in [1.82, 2.24) is 14.4 Å². The zero-order valence-corrected chi connectivity index (χ0v) is 13.0. The molecule has 0 N–H and O–H groups in total. The third-order valence-corrected chi connectivity index (χ3v) is 3.91. The topological polar surface area (TPSA) is 46.8 Å². The predicted molar refractivity (Wildman–Crippen MR) is 75.7 cm³/mol. The number of aromatic nitrogens is 2. The highest BCUT2D eigenvalue weighted by Crippen LogP contribution is 2.32. The minimum absolute atomic E-state index is 0.0653. The molecule has 120 valence electrons. The van der Waals surface area contributed by atoms with Crippen molar-refractivity contribution in [3.63, 3.8) is 0 Å². The molecule has 2 aromatic rings. The monoisotopic (exact) mass is 333 g/mol. The Bertz CT molecular complexity index is 700. The summed E-state index contributed by atoms with van der Waals surface area (Å²) >= 11 is 1.32. The van der Waals surface area contributed by atoms with Crippen molar-refractivity contribution in [3.05, 3.63) is 29.6 Å². The lowest BCUT2D eigenvalue weighted by Gasteiger charge is -2.12. The highest BCUT2D eigenvalue weighted by atomic mass is 32.2. The van der Waals surface area contributed by atoms with Gasteiger partial charge in [0.25, 0.3) is 5.91 Å². The van der Waals surface area contributed by atoms with E-state index in [1.807, 2.05) is 6.92 Å². The van der Waals surface area contributed by atoms with Crippen molar-refractivity contribution in [1.29, 1.82) is 0 Å². The van der Waals surface area contributed by atoms with E-state index in [4.69, 9.17) is 4.84 Å². The molecule has 0 atom stereocenters. The molecule has 0 bridgehead atoms. The maximum atomic E-state index is 12.8. The lowest BCUT2D eigenvalue weighted by molar-refractivity contribution is -0.137. The molecule has 0 aromatic carbocycles.